The third-order valence-corrected chi connectivity index (χ3v) is 2.78. The number of nitrogens with zero attached hydrogens (tertiary/aromatic N) is 2. The van der Waals surface area contributed by atoms with Crippen molar-refractivity contribution in [2.24, 2.45) is 0 Å². The van der Waals surface area contributed by atoms with E-state index in [9.17, 15) is 9.90 Å². The normalized spacial score (nSPS) is 10.1. The van der Waals surface area contributed by atoms with Gasteiger partial charge in [-0.25, -0.2) is 0 Å². The van der Waals surface area contributed by atoms with Crippen molar-refractivity contribution in [3.8, 4) is 17.0 Å². The Labute approximate surface area is 131 Å². The molecule has 0 amide bonds. The van der Waals surface area contributed by atoms with Gasteiger partial charge in [0.15, 0.2) is 0 Å². The number of aromatic nitrogens is 2. The molecule has 2 aromatic heterocycles. The van der Waals surface area contributed by atoms with Crippen molar-refractivity contribution in [3.05, 3.63) is 65.1 Å². The molecule has 4 nitrogen and oxygen atoms in total. The second kappa shape index (κ2) is 5.57. The maximum atomic E-state index is 12.3. The van der Waals surface area contributed by atoms with Crippen molar-refractivity contribution < 1.29 is 34.7 Å². The predicted octanol–water partition coefficient (Wildman–Crippen LogP) is -0.929. The first-order valence-corrected chi connectivity index (χ1v) is 5.53. The minimum atomic E-state index is -0.274. The van der Waals surface area contributed by atoms with E-state index in [0.29, 0.717) is 11.2 Å². The van der Waals surface area contributed by atoms with Crippen LogP contribution in [0.3, 0.4) is 0 Å². The molecule has 0 saturated heterocycles. The van der Waals surface area contributed by atoms with Crippen LogP contribution in [0.5, 0.6) is 5.88 Å². The smallest absolute Gasteiger partial charge is 0.493 e. The molecule has 19 heavy (non-hydrogen) atoms. The number of benzene rings is 1. The topological polar surface area (TPSA) is 54.6 Å². The zero-order valence-corrected chi connectivity index (χ0v) is 12.4. The Kier molecular flexibility index (Phi) is 4.04. The molecule has 0 radical (unpaired) electrons. The average molecular weight is 261 g/mol. The predicted molar refractivity (Wildman–Crippen MR) is 68.6 cm³/mol. The van der Waals surface area contributed by atoms with Gasteiger partial charge in [-0.15, -0.1) is 0 Å². The molecule has 0 atom stereocenters. The Balaban J connectivity index is 0.00000133. The molecule has 88 valence electrons. The SMILES string of the molecule is O=c1c(-c2ccccc2)c(O)nc2ccccn12.[Na+]. The molecule has 0 bridgehead atoms. The number of rotatable bonds is 1. The Morgan fingerprint density at radius 2 is 1.68 bits per heavy atom. The van der Waals surface area contributed by atoms with Crippen molar-refractivity contribution in [2.45, 2.75) is 0 Å². The van der Waals surface area contributed by atoms with Crippen LogP contribution in [0, 0.1) is 0 Å². The molecule has 5 heteroatoms. The van der Waals surface area contributed by atoms with E-state index in [1.165, 1.54) is 4.40 Å². The van der Waals surface area contributed by atoms with E-state index in [2.05, 4.69) is 4.98 Å². The van der Waals surface area contributed by atoms with Gasteiger partial charge in [0.1, 0.15) is 11.2 Å². The van der Waals surface area contributed by atoms with Crippen molar-refractivity contribution in [2.75, 3.05) is 0 Å². The van der Waals surface area contributed by atoms with Gasteiger partial charge in [-0.1, -0.05) is 36.4 Å². The maximum Gasteiger partial charge on any atom is 1.00 e. The van der Waals surface area contributed by atoms with Crippen LogP contribution in [-0.4, -0.2) is 14.5 Å². The van der Waals surface area contributed by atoms with Crippen LogP contribution < -0.4 is 35.1 Å². The monoisotopic (exact) mass is 261 g/mol. The molecular weight excluding hydrogens is 251 g/mol. The van der Waals surface area contributed by atoms with E-state index >= 15 is 0 Å². The molecule has 0 aliphatic heterocycles. The maximum absolute atomic E-state index is 12.3. The van der Waals surface area contributed by atoms with Crippen molar-refractivity contribution in [1.82, 2.24) is 9.38 Å². The van der Waals surface area contributed by atoms with Crippen molar-refractivity contribution in [1.29, 1.82) is 0 Å². The first kappa shape index (κ1) is 13.8. The molecule has 1 aromatic carbocycles. The van der Waals surface area contributed by atoms with E-state index in [4.69, 9.17) is 0 Å². The molecule has 0 aliphatic rings. The van der Waals surface area contributed by atoms with Crippen molar-refractivity contribution in [3.63, 3.8) is 0 Å². The zero-order valence-electron chi connectivity index (χ0n) is 10.4. The fraction of sp³-hybridized carbons (Fsp3) is 0. The van der Waals surface area contributed by atoms with Gasteiger partial charge in [-0.3, -0.25) is 9.20 Å². The Hall–Kier alpha value is -1.62. The number of hydrogen-bond donors (Lipinski definition) is 1. The standard InChI is InChI=1S/C14H10N2O2.Na/c17-13-12(10-6-2-1-3-7-10)14(18)16-9-5-4-8-11(16)15-13;/h1-9,17H;/q;+1. The summed E-state index contributed by atoms with van der Waals surface area (Å²) in [5, 5.41) is 9.92. The van der Waals surface area contributed by atoms with E-state index < -0.39 is 0 Å². The van der Waals surface area contributed by atoms with E-state index in [1.807, 2.05) is 18.2 Å². The van der Waals surface area contributed by atoms with Crippen LogP contribution in [0.25, 0.3) is 16.8 Å². The number of pyridine rings is 1. The summed E-state index contributed by atoms with van der Waals surface area (Å²) in [7, 11) is 0. The van der Waals surface area contributed by atoms with Crippen molar-refractivity contribution >= 4 is 5.65 Å². The molecule has 0 spiro atoms. The summed E-state index contributed by atoms with van der Waals surface area (Å²) in [4.78, 5) is 16.3. The van der Waals surface area contributed by atoms with Gasteiger partial charge in [0.05, 0.1) is 0 Å². The molecule has 0 fully saturated rings. The summed E-state index contributed by atoms with van der Waals surface area (Å²) in [5.74, 6) is -0.239. The quantitative estimate of drug-likeness (QED) is 0.576. The van der Waals surface area contributed by atoms with Gasteiger partial charge >= 0.3 is 29.6 Å². The van der Waals surface area contributed by atoms with Crippen LogP contribution in [-0.2, 0) is 0 Å². The Bertz CT molecular complexity index is 769. The Morgan fingerprint density at radius 1 is 1.00 bits per heavy atom. The van der Waals surface area contributed by atoms with Crippen LogP contribution in [0.4, 0.5) is 0 Å². The molecular formula is C14H10N2NaO2+. The largest absolute Gasteiger partial charge is 1.00 e. The minimum absolute atomic E-state index is 0. The van der Waals surface area contributed by atoms with E-state index in [-0.39, 0.29) is 46.6 Å². The first-order chi connectivity index (χ1) is 8.77. The van der Waals surface area contributed by atoms with E-state index in [1.54, 1.807) is 36.5 Å². The van der Waals surface area contributed by atoms with Crippen LogP contribution in [0.2, 0.25) is 0 Å². The summed E-state index contributed by atoms with van der Waals surface area (Å²) in [6.45, 7) is 0. The van der Waals surface area contributed by atoms with Crippen LogP contribution >= 0.6 is 0 Å². The number of hydrogen-bond acceptors (Lipinski definition) is 3. The van der Waals surface area contributed by atoms with Crippen LogP contribution in [0.15, 0.2) is 59.5 Å². The molecule has 0 aliphatic carbocycles. The summed E-state index contributed by atoms with van der Waals surface area (Å²) in [5.41, 5.74) is 1.04. The number of aromatic hydroxyl groups is 1. The van der Waals surface area contributed by atoms with E-state index in [0.717, 1.165) is 0 Å². The first-order valence-electron chi connectivity index (χ1n) is 5.53. The Morgan fingerprint density at radius 3 is 2.42 bits per heavy atom. The summed E-state index contributed by atoms with van der Waals surface area (Å²) in [6, 6.07) is 14.2. The minimum Gasteiger partial charge on any atom is -0.493 e. The zero-order chi connectivity index (χ0) is 12.5. The van der Waals surface area contributed by atoms with Crippen LogP contribution in [0.1, 0.15) is 0 Å². The molecule has 3 aromatic rings. The molecule has 0 saturated carbocycles. The molecule has 3 rings (SSSR count). The second-order valence-electron chi connectivity index (χ2n) is 3.91. The molecule has 2 heterocycles. The van der Waals surface area contributed by atoms with Gasteiger partial charge in [0.25, 0.3) is 5.56 Å². The van der Waals surface area contributed by atoms with Gasteiger partial charge in [0.2, 0.25) is 5.88 Å². The second-order valence-corrected chi connectivity index (χ2v) is 3.91. The molecule has 0 unspecified atom stereocenters. The van der Waals surface area contributed by atoms with Gasteiger partial charge in [0, 0.05) is 6.20 Å². The fourth-order valence-electron chi connectivity index (χ4n) is 1.93. The van der Waals surface area contributed by atoms with Gasteiger partial charge in [-0.2, -0.15) is 4.98 Å². The fourth-order valence-corrected chi connectivity index (χ4v) is 1.93. The number of fused-ring (bicyclic) bond motifs is 1. The average Bonchev–Trinajstić information content (AvgIpc) is 2.40. The summed E-state index contributed by atoms with van der Waals surface area (Å²) in [6.07, 6.45) is 1.64. The third kappa shape index (κ3) is 2.42. The van der Waals surface area contributed by atoms with Gasteiger partial charge < -0.3 is 5.11 Å². The molecule has 1 N–H and O–H groups in total. The van der Waals surface area contributed by atoms with Gasteiger partial charge in [-0.05, 0) is 17.7 Å². The summed E-state index contributed by atoms with van der Waals surface area (Å²) < 4.78 is 1.42. The summed E-state index contributed by atoms with van der Waals surface area (Å²) >= 11 is 0. The third-order valence-electron chi connectivity index (χ3n) is 2.78.